The van der Waals surface area contributed by atoms with Gasteiger partial charge in [-0.3, -0.25) is 9.59 Å². The highest BCUT2D eigenvalue weighted by molar-refractivity contribution is 5.77. The Morgan fingerprint density at radius 3 is 1.70 bits per heavy atom. The van der Waals surface area contributed by atoms with Crippen molar-refractivity contribution in [3.05, 3.63) is 24.3 Å². The molecule has 18 unspecified atom stereocenters. The predicted molar refractivity (Wildman–Crippen MR) is 292 cm³/mol. The molecule has 3 fully saturated rings. The van der Waals surface area contributed by atoms with Gasteiger partial charge in [0.25, 0.3) is 5.79 Å². The van der Waals surface area contributed by atoms with Crippen molar-refractivity contribution in [3.8, 4) is 0 Å². The summed E-state index contributed by atoms with van der Waals surface area (Å²) in [5.74, 6) is -6.16. The number of aliphatic hydroxyl groups excluding tert-OH is 11. The van der Waals surface area contributed by atoms with Crippen LogP contribution in [0.1, 0.15) is 181 Å². The molecule has 0 bridgehead atoms. The molecule has 18 atom stereocenters. The van der Waals surface area contributed by atoms with Crippen molar-refractivity contribution in [2.24, 2.45) is 0 Å². The first kappa shape index (κ1) is 71.5. The second kappa shape index (κ2) is 39.7. The molecule has 23 nitrogen and oxygen atoms in total. The Morgan fingerprint density at radius 1 is 0.650 bits per heavy atom. The summed E-state index contributed by atoms with van der Waals surface area (Å²) in [7, 11) is 0. The summed E-state index contributed by atoms with van der Waals surface area (Å²) < 4.78 is 34.6. The molecule has 3 saturated heterocycles. The van der Waals surface area contributed by atoms with Crippen LogP contribution in [0.15, 0.2) is 24.3 Å². The van der Waals surface area contributed by atoms with Crippen LogP contribution >= 0.6 is 0 Å². The number of carboxylic acid groups (broad SMARTS) is 1. The van der Waals surface area contributed by atoms with Crippen molar-refractivity contribution in [2.75, 3.05) is 26.4 Å². The number of carboxylic acids is 1. The molecule has 3 aliphatic heterocycles. The number of hydrogen-bond acceptors (Lipinski definition) is 20. The number of amides is 2. The summed E-state index contributed by atoms with van der Waals surface area (Å²) in [4.78, 5) is 38.3. The lowest BCUT2D eigenvalue weighted by Crippen LogP contribution is -2.70. The first-order valence-electron chi connectivity index (χ1n) is 29.7. The van der Waals surface area contributed by atoms with E-state index in [4.69, 9.17) is 28.4 Å². The number of aliphatic carboxylic acids is 1. The van der Waals surface area contributed by atoms with Crippen molar-refractivity contribution in [2.45, 2.75) is 291 Å². The Hall–Kier alpha value is -2.79. The normalized spacial score (nSPS) is 30.8. The van der Waals surface area contributed by atoms with E-state index in [0.29, 0.717) is 12.8 Å². The van der Waals surface area contributed by atoms with E-state index in [0.717, 1.165) is 51.9 Å². The van der Waals surface area contributed by atoms with E-state index in [1.165, 1.54) is 89.9 Å². The van der Waals surface area contributed by atoms with Crippen LogP contribution in [-0.2, 0) is 42.8 Å². The van der Waals surface area contributed by atoms with Crippen LogP contribution in [0, 0.1) is 0 Å². The third-order valence-electron chi connectivity index (χ3n) is 15.1. The summed E-state index contributed by atoms with van der Waals surface area (Å²) >= 11 is 0. The first-order chi connectivity index (χ1) is 38.4. The van der Waals surface area contributed by atoms with E-state index < -0.39 is 155 Å². The zero-order valence-electron chi connectivity index (χ0n) is 47.7. The van der Waals surface area contributed by atoms with Gasteiger partial charge in [0.15, 0.2) is 12.6 Å². The molecule has 3 rings (SSSR count). The van der Waals surface area contributed by atoms with E-state index in [1.54, 1.807) is 6.08 Å². The third kappa shape index (κ3) is 24.1. The van der Waals surface area contributed by atoms with Gasteiger partial charge in [-0.1, -0.05) is 141 Å². The highest BCUT2D eigenvalue weighted by Crippen LogP contribution is 2.38. The van der Waals surface area contributed by atoms with Gasteiger partial charge in [-0.05, 0) is 44.9 Å². The van der Waals surface area contributed by atoms with Crippen molar-refractivity contribution in [1.82, 2.24) is 10.6 Å². The molecular weight excluding hydrogens is 1050 g/mol. The number of rotatable bonds is 42. The van der Waals surface area contributed by atoms with Gasteiger partial charge in [0.1, 0.15) is 67.1 Å². The zero-order chi connectivity index (χ0) is 59.0. The Morgan fingerprint density at radius 2 is 1.18 bits per heavy atom. The number of nitrogens with one attached hydrogen (secondary N) is 2. The van der Waals surface area contributed by atoms with Crippen LogP contribution in [0.25, 0.3) is 0 Å². The lowest BCUT2D eigenvalue weighted by atomic mass is 9.88. The smallest absolute Gasteiger partial charge is 0.364 e. The Kier molecular flexibility index (Phi) is 35.5. The maximum atomic E-state index is 13.3. The van der Waals surface area contributed by atoms with Crippen LogP contribution < -0.4 is 10.6 Å². The molecule has 2 amide bonds. The molecule has 3 aliphatic rings. The van der Waals surface area contributed by atoms with Crippen LogP contribution in [-0.4, -0.2) is 215 Å². The number of carbonyl (C=O) groups is 3. The summed E-state index contributed by atoms with van der Waals surface area (Å²) in [5.41, 5.74) is 0. The Balaban J connectivity index is 1.70. The molecule has 0 aromatic rings. The predicted octanol–water partition coefficient (Wildman–Crippen LogP) is 2.16. The number of carbonyl (C=O) groups excluding carboxylic acids is 2. The van der Waals surface area contributed by atoms with Gasteiger partial charge >= 0.3 is 5.97 Å². The minimum atomic E-state index is -3.08. The van der Waals surface area contributed by atoms with Gasteiger partial charge in [0.2, 0.25) is 11.8 Å². The van der Waals surface area contributed by atoms with Gasteiger partial charge in [-0.15, -0.1) is 0 Å². The fourth-order valence-electron chi connectivity index (χ4n) is 10.3. The quantitative estimate of drug-likeness (QED) is 0.0308. The van der Waals surface area contributed by atoms with Crippen molar-refractivity contribution in [3.63, 3.8) is 0 Å². The fraction of sp³-hybridized carbons (Fsp3) is 0.877. The summed E-state index contributed by atoms with van der Waals surface area (Å²) in [6.45, 7) is 2.05. The number of ether oxygens (including phenoxy) is 6. The van der Waals surface area contributed by atoms with Gasteiger partial charge < -0.3 is 100 Å². The number of allylic oxidation sites excluding steroid dienone is 3. The molecule has 0 spiro atoms. The summed E-state index contributed by atoms with van der Waals surface area (Å²) in [6, 6.07) is -2.62. The first-order valence-corrected chi connectivity index (χ1v) is 29.7. The minimum Gasteiger partial charge on any atom is -0.477 e. The molecular formula is C57H102N2O21. The third-order valence-corrected chi connectivity index (χ3v) is 15.1. The van der Waals surface area contributed by atoms with Crippen LogP contribution in [0.4, 0.5) is 0 Å². The maximum Gasteiger partial charge on any atom is 0.364 e. The standard InChI is InChI=1S/C57H102N2O21/c1-4-6-8-10-12-14-16-18-20-22-24-26-28-30-39(64)38(59-44(67)31-29-27-25-23-21-19-17-15-13-11-9-7-5-2)36-75-54-49(71)48(70)51(43(35-62)77-54)78-55-50(72)53(47(69)42(34-61)76-55)80-57(56(73)74)32-40(65)45(58-37(3)63)52(79-57)46(68)41(66)33-60/h19,21,28,30,38-43,45-55,60-62,64-66,68-72H,4-18,20,22-27,29,31-36H2,1-3H3,(H,58,63)(H,59,67)(H,73,74)/b21-19-,30-28+. The summed E-state index contributed by atoms with van der Waals surface area (Å²) in [5, 5.41) is 135. The molecule has 80 heavy (non-hydrogen) atoms. The lowest BCUT2D eigenvalue weighted by Gasteiger charge is -2.50. The van der Waals surface area contributed by atoms with E-state index >= 15 is 0 Å². The average Bonchev–Trinajstić information content (AvgIpc) is 3.44. The monoisotopic (exact) mass is 1150 g/mol. The van der Waals surface area contributed by atoms with E-state index in [-0.39, 0.29) is 12.3 Å². The van der Waals surface area contributed by atoms with E-state index in [1.807, 2.05) is 6.08 Å². The Bertz CT molecular complexity index is 1750. The molecule has 466 valence electrons. The van der Waals surface area contributed by atoms with Gasteiger partial charge in [0.05, 0.1) is 50.7 Å². The largest absolute Gasteiger partial charge is 0.477 e. The molecule has 0 aliphatic carbocycles. The molecule has 23 heteroatoms. The van der Waals surface area contributed by atoms with Crippen molar-refractivity contribution < 1.29 is 104 Å². The van der Waals surface area contributed by atoms with Crippen molar-refractivity contribution in [1.29, 1.82) is 0 Å². The second-order valence-corrected chi connectivity index (χ2v) is 21.9. The van der Waals surface area contributed by atoms with E-state index in [9.17, 15) is 75.7 Å². The van der Waals surface area contributed by atoms with Crippen LogP contribution in [0.2, 0.25) is 0 Å². The van der Waals surface area contributed by atoms with Gasteiger partial charge in [-0.25, -0.2) is 4.79 Å². The SMILES string of the molecule is CCCCCCCC/C=C\CCCCCC(=O)NC(COC1OC(CO)C(OC2OC(CO)C(O)C(OC3(C(=O)O)CC(O)C(NC(C)=O)C(C(O)C(O)CO)O3)C2O)C(O)C1O)C(O)/C=C/CCCCCCCCCCCCC. The second-order valence-electron chi connectivity index (χ2n) is 21.9. The van der Waals surface area contributed by atoms with Crippen LogP contribution in [0.3, 0.4) is 0 Å². The number of hydrogen-bond donors (Lipinski definition) is 14. The zero-order valence-corrected chi connectivity index (χ0v) is 47.7. The molecule has 0 aromatic heterocycles. The molecule has 14 N–H and O–H groups in total. The average molecular weight is 1150 g/mol. The molecule has 0 aromatic carbocycles. The van der Waals surface area contributed by atoms with E-state index in [2.05, 4.69) is 36.6 Å². The molecule has 3 heterocycles. The minimum absolute atomic E-state index is 0.179. The summed E-state index contributed by atoms with van der Waals surface area (Å²) in [6.07, 6.45) is 4.00. The maximum absolute atomic E-state index is 13.3. The van der Waals surface area contributed by atoms with Crippen molar-refractivity contribution >= 4 is 17.8 Å². The highest BCUT2D eigenvalue weighted by atomic mass is 16.8. The van der Waals surface area contributed by atoms with Gasteiger partial charge in [-0.2, -0.15) is 0 Å². The topological polar surface area (TPSA) is 373 Å². The number of aliphatic hydroxyl groups is 11. The Labute approximate surface area is 473 Å². The molecule has 0 saturated carbocycles. The fourth-order valence-corrected chi connectivity index (χ4v) is 10.3. The van der Waals surface area contributed by atoms with Crippen LogP contribution in [0.5, 0.6) is 0 Å². The number of unbranched alkanes of at least 4 members (excludes halogenated alkanes) is 20. The molecule has 0 radical (unpaired) electrons. The highest BCUT2D eigenvalue weighted by Gasteiger charge is 2.60. The van der Waals surface area contributed by atoms with Gasteiger partial charge in [0, 0.05) is 19.8 Å². The lowest BCUT2D eigenvalue weighted by molar-refractivity contribution is -0.386.